The maximum atomic E-state index is 13.0. The predicted molar refractivity (Wildman–Crippen MR) is 93.9 cm³/mol. The van der Waals surface area contributed by atoms with Crippen LogP contribution in [0.2, 0.25) is 0 Å². The highest BCUT2D eigenvalue weighted by Crippen LogP contribution is 2.23. The Balaban J connectivity index is 2.32. The molecule has 0 aromatic carbocycles. The fraction of sp³-hybridized carbons (Fsp3) is 0.471. The Kier molecular flexibility index (Phi) is 5.77. The average Bonchev–Trinajstić information content (AvgIpc) is 3.10. The van der Waals surface area contributed by atoms with Crippen molar-refractivity contribution >= 4 is 23.2 Å². The first-order valence-corrected chi connectivity index (χ1v) is 8.79. The third-order valence-corrected chi connectivity index (χ3v) is 4.50. The lowest BCUT2D eigenvalue weighted by Crippen LogP contribution is -2.36. The summed E-state index contributed by atoms with van der Waals surface area (Å²) in [5.74, 6) is -0.754. The fourth-order valence-corrected chi connectivity index (χ4v) is 3.47. The van der Waals surface area contributed by atoms with Gasteiger partial charge in [0.25, 0.3) is 5.91 Å². The van der Waals surface area contributed by atoms with Crippen molar-refractivity contribution in [3.63, 3.8) is 0 Å². The molecule has 7 heteroatoms. The van der Waals surface area contributed by atoms with Crippen molar-refractivity contribution in [2.24, 2.45) is 5.92 Å². The lowest BCUT2D eigenvalue weighted by Gasteiger charge is -2.24. The van der Waals surface area contributed by atoms with E-state index in [0.29, 0.717) is 12.1 Å². The molecular formula is C17H23N3O3S. The van der Waals surface area contributed by atoms with E-state index >= 15 is 0 Å². The van der Waals surface area contributed by atoms with Crippen LogP contribution in [0.25, 0.3) is 5.13 Å². The molecule has 0 atom stereocenters. The number of aryl methyl sites for hydroxylation is 1. The number of rotatable bonds is 7. The molecule has 0 unspecified atom stereocenters. The zero-order valence-electron chi connectivity index (χ0n) is 14.4. The van der Waals surface area contributed by atoms with Crippen molar-refractivity contribution in [3.8, 4) is 5.13 Å². The summed E-state index contributed by atoms with van der Waals surface area (Å²) < 4.78 is 1.96. The Labute approximate surface area is 145 Å². The minimum Gasteiger partial charge on any atom is -0.481 e. The van der Waals surface area contributed by atoms with Gasteiger partial charge >= 0.3 is 5.97 Å². The predicted octanol–water partition coefficient (Wildman–Crippen LogP) is 3.12. The van der Waals surface area contributed by atoms with Crippen molar-refractivity contribution in [1.82, 2.24) is 14.5 Å². The van der Waals surface area contributed by atoms with Crippen LogP contribution in [0.15, 0.2) is 17.6 Å². The van der Waals surface area contributed by atoms with Gasteiger partial charge in [0.15, 0.2) is 5.13 Å². The molecule has 0 fully saturated rings. The summed E-state index contributed by atoms with van der Waals surface area (Å²) >= 11 is 1.51. The van der Waals surface area contributed by atoms with Gasteiger partial charge in [0, 0.05) is 36.1 Å². The first-order valence-electron chi connectivity index (χ1n) is 7.91. The van der Waals surface area contributed by atoms with Crippen molar-refractivity contribution in [3.05, 3.63) is 34.6 Å². The zero-order chi connectivity index (χ0) is 17.9. The molecule has 2 aromatic rings. The molecule has 1 amide bonds. The van der Waals surface area contributed by atoms with E-state index in [1.807, 2.05) is 43.7 Å². The van der Waals surface area contributed by atoms with E-state index in [9.17, 15) is 9.59 Å². The Morgan fingerprint density at radius 3 is 2.62 bits per heavy atom. The van der Waals surface area contributed by atoms with E-state index in [0.717, 1.165) is 16.5 Å². The highest BCUT2D eigenvalue weighted by molar-refractivity contribution is 7.12. The fourth-order valence-electron chi connectivity index (χ4n) is 2.72. The zero-order valence-corrected chi connectivity index (χ0v) is 15.3. The lowest BCUT2D eigenvalue weighted by molar-refractivity contribution is -0.137. The van der Waals surface area contributed by atoms with Crippen LogP contribution in [-0.4, -0.2) is 44.5 Å². The van der Waals surface area contributed by atoms with Crippen molar-refractivity contribution in [2.45, 2.75) is 34.1 Å². The smallest absolute Gasteiger partial charge is 0.305 e. The van der Waals surface area contributed by atoms with Crippen LogP contribution < -0.4 is 0 Å². The van der Waals surface area contributed by atoms with Gasteiger partial charge in [-0.2, -0.15) is 0 Å². The highest BCUT2D eigenvalue weighted by atomic mass is 32.1. The number of amides is 1. The quantitative estimate of drug-likeness (QED) is 0.833. The van der Waals surface area contributed by atoms with E-state index in [2.05, 4.69) is 4.98 Å². The molecule has 6 nitrogen and oxygen atoms in total. The molecule has 2 rings (SSSR count). The van der Waals surface area contributed by atoms with Crippen LogP contribution in [0.1, 0.15) is 42.0 Å². The van der Waals surface area contributed by atoms with Gasteiger partial charge in [0.2, 0.25) is 0 Å². The summed E-state index contributed by atoms with van der Waals surface area (Å²) in [6.45, 7) is 8.61. The molecule has 130 valence electrons. The molecule has 0 aliphatic rings. The maximum Gasteiger partial charge on any atom is 0.305 e. The molecule has 0 aliphatic carbocycles. The number of nitrogens with zero attached hydrogens (tertiary/aromatic N) is 3. The summed E-state index contributed by atoms with van der Waals surface area (Å²) in [4.78, 5) is 29.8. The maximum absolute atomic E-state index is 13.0. The summed E-state index contributed by atoms with van der Waals surface area (Å²) in [5, 5.41) is 11.6. The van der Waals surface area contributed by atoms with Crippen molar-refractivity contribution < 1.29 is 14.7 Å². The largest absolute Gasteiger partial charge is 0.481 e. The normalized spacial score (nSPS) is 11.0. The summed E-state index contributed by atoms with van der Waals surface area (Å²) in [5.41, 5.74) is 2.37. The van der Waals surface area contributed by atoms with Gasteiger partial charge < -0.3 is 10.0 Å². The average molecular weight is 349 g/mol. The SMILES string of the molecule is Cc1cc(C(=O)N(CCC(=O)O)CC(C)C)c(C)n1-c1nccs1. The number of thiazole rings is 1. The third kappa shape index (κ3) is 4.03. The number of hydrogen-bond donors (Lipinski definition) is 1. The third-order valence-electron chi connectivity index (χ3n) is 3.74. The molecule has 0 aliphatic heterocycles. The molecular weight excluding hydrogens is 326 g/mol. The number of aliphatic carboxylic acids is 1. The molecule has 2 aromatic heterocycles. The summed E-state index contributed by atoms with van der Waals surface area (Å²) in [6.07, 6.45) is 1.68. The molecule has 0 saturated carbocycles. The van der Waals surface area contributed by atoms with E-state index in [-0.39, 0.29) is 24.8 Å². The number of carboxylic acid groups (broad SMARTS) is 1. The molecule has 0 bridgehead atoms. The second kappa shape index (κ2) is 7.61. The second-order valence-electron chi connectivity index (χ2n) is 6.22. The van der Waals surface area contributed by atoms with Crippen LogP contribution in [0.4, 0.5) is 0 Å². The topological polar surface area (TPSA) is 75.4 Å². The van der Waals surface area contributed by atoms with Gasteiger partial charge in [-0.1, -0.05) is 13.8 Å². The monoisotopic (exact) mass is 349 g/mol. The molecule has 0 radical (unpaired) electrons. The Bertz CT molecular complexity index is 720. The number of aromatic nitrogens is 2. The van der Waals surface area contributed by atoms with Gasteiger partial charge in [-0.05, 0) is 25.8 Å². The number of carbonyl (C=O) groups is 2. The van der Waals surface area contributed by atoms with Crippen LogP contribution in [0.3, 0.4) is 0 Å². The van der Waals surface area contributed by atoms with E-state index in [1.54, 1.807) is 11.1 Å². The lowest BCUT2D eigenvalue weighted by atomic mass is 10.1. The number of hydrogen-bond acceptors (Lipinski definition) is 4. The van der Waals surface area contributed by atoms with Crippen LogP contribution in [0.5, 0.6) is 0 Å². The Morgan fingerprint density at radius 2 is 2.08 bits per heavy atom. The van der Waals surface area contributed by atoms with Gasteiger partial charge in [0.05, 0.1) is 12.0 Å². The van der Waals surface area contributed by atoms with Crippen LogP contribution in [0, 0.1) is 19.8 Å². The number of carboxylic acids is 1. The molecule has 2 heterocycles. The van der Waals surface area contributed by atoms with E-state index < -0.39 is 5.97 Å². The van der Waals surface area contributed by atoms with Gasteiger partial charge in [0.1, 0.15) is 0 Å². The number of carbonyl (C=O) groups excluding carboxylic acids is 1. The van der Waals surface area contributed by atoms with Crippen LogP contribution >= 0.6 is 11.3 Å². The Hall–Kier alpha value is -2.15. The van der Waals surface area contributed by atoms with Gasteiger partial charge in [-0.3, -0.25) is 14.2 Å². The minimum absolute atomic E-state index is 0.0519. The first kappa shape index (κ1) is 18.2. The molecule has 24 heavy (non-hydrogen) atoms. The highest BCUT2D eigenvalue weighted by Gasteiger charge is 2.23. The van der Waals surface area contributed by atoms with Crippen molar-refractivity contribution in [2.75, 3.05) is 13.1 Å². The molecule has 1 N–H and O–H groups in total. The standard InChI is InChI=1S/C17H23N3O3S/c1-11(2)10-19(7-5-15(21)22)16(23)14-9-12(3)20(13(14)4)17-18-6-8-24-17/h6,8-9,11H,5,7,10H2,1-4H3,(H,21,22). The summed E-state index contributed by atoms with van der Waals surface area (Å²) in [7, 11) is 0. The van der Waals surface area contributed by atoms with Crippen LogP contribution in [-0.2, 0) is 4.79 Å². The second-order valence-corrected chi connectivity index (χ2v) is 7.10. The molecule has 0 spiro atoms. The van der Waals surface area contributed by atoms with E-state index in [1.165, 1.54) is 11.3 Å². The summed E-state index contributed by atoms with van der Waals surface area (Å²) in [6, 6.07) is 1.85. The van der Waals surface area contributed by atoms with Gasteiger partial charge in [-0.25, -0.2) is 4.98 Å². The minimum atomic E-state index is -0.898. The first-order chi connectivity index (χ1) is 11.3. The van der Waals surface area contributed by atoms with Gasteiger partial charge in [-0.15, -0.1) is 11.3 Å². The van der Waals surface area contributed by atoms with E-state index in [4.69, 9.17) is 5.11 Å². The van der Waals surface area contributed by atoms with Crippen molar-refractivity contribution in [1.29, 1.82) is 0 Å². The Morgan fingerprint density at radius 1 is 1.38 bits per heavy atom. The molecule has 0 saturated heterocycles.